The Balaban J connectivity index is 2.08. The Bertz CT molecular complexity index is 626. The van der Waals surface area contributed by atoms with Gasteiger partial charge in [-0.25, -0.2) is 0 Å². The van der Waals surface area contributed by atoms with Gasteiger partial charge in [0.1, 0.15) is 18.1 Å². The molecule has 2 aromatic rings. The fraction of sp³-hybridized carbons (Fsp3) is 0.133. The van der Waals surface area contributed by atoms with E-state index in [-0.39, 0.29) is 0 Å². The fourth-order valence-corrected chi connectivity index (χ4v) is 1.73. The van der Waals surface area contributed by atoms with E-state index in [0.29, 0.717) is 23.6 Å². The van der Waals surface area contributed by atoms with Gasteiger partial charge in [0.15, 0.2) is 0 Å². The number of hydrogen-bond donors (Lipinski definition) is 2. The lowest BCUT2D eigenvalue weighted by atomic mass is 10.1. The van der Waals surface area contributed by atoms with Crippen molar-refractivity contribution in [1.29, 1.82) is 0 Å². The van der Waals surface area contributed by atoms with Crippen LogP contribution in [0, 0.1) is 0 Å². The molecule has 0 spiro atoms. The number of primary amides is 1. The molecule has 0 heterocycles. The van der Waals surface area contributed by atoms with E-state index in [1.165, 1.54) is 0 Å². The Kier molecular flexibility index (Phi) is 4.10. The van der Waals surface area contributed by atoms with Gasteiger partial charge in [0.05, 0.1) is 7.11 Å². The highest BCUT2D eigenvalue weighted by atomic mass is 16.5. The van der Waals surface area contributed by atoms with Crippen molar-refractivity contribution in [3.63, 3.8) is 0 Å². The van der Waals surface area contributed by atoms with Gasteiger partial charge in [-0.15, -0.1) is 0 Å². The topological polar surface area (TPSA) is 87.6 Å². The third-order valence-electron chi connectivity index (χ3n) is 2.87. The number of anilines is 1. The Morgan fingerprint density at radius 3 is 2.55 bits per heavy atom. The van der Waals surface area contributed by atoms with Crippen LogP contribution in [-0.4, -0.2) is 13.0 Å². The van der Waals surface area contributed by atoms with E-state index in [2.05, 4.69) is 0 Å². The summed E-state index contributed by atoms with van der Waals surface area (Å²) in [5, 5.41) is 0. The van der Waals surface area contributed by atoms with Gasteiger partial charge >= 0.3 is 0 Å². The molecule has 2 rings (SSSR count). The molecule has 0 unspecified atom stereocenters. The number of ether oxygens (including phenoxy) is 2. The molecule has 0 fully saturated rings. The lowest BCUT2D eigenvalue weighted by molar-refractivity contribution is 0.100. The van der Waals surface area contributed by atoms with Gasteiger partial charge in [-0.1, -0.05) is 12.1 Å². The Morgan fingerprint density at radius 1 is 1.15 bits per heavy atom. The van der Waals surface area contributed by atoms with Crippen LogP contribution in [0.25, 0.3) is 0 Å². The van der Waals surface area contributed by atoms with Crippen LogP contribution < -0.4 is 20.9 Å². The lowest BCUT2D eigenvalue weighted by Crippen LogP contribution is -2.12. The second-order valence-electron chi connectivity index (χ2n) is 4.25. The predicted octanol–water partition coefficient (Wildman–Crippen LogP) is 1.96. The van der Waals surface area contributed by atoms with Crippen LogP contribution in [0.2, 0.25) is 0 Å². The number of carbonyl (C=O) groups excluding carboxylic acids is 1. The van der Waals surface area contributed by atoms with Crippen molar-refractivity contribution in [1.82, 2.24) is 0 Å². The van der Waals surface area contributed by atoms with E-state index < -0.39 is 5.91 Å². The van der Waals surface area contributed by atoms with Gasteiger partial charge in [-0.3, -0.25) is 4.79 Å². The highest BCUT2D eigenvalue weighted by Gasteiger charge is 2.06. The maximum Gasteiger partial charge on any atom is 0.248 e. The molecule has 0 aliphatic carbocycles. The number of hydrogen-bond acceptors (Lipinski definition) is 4. The van der Waals surface area contributed by atoms with Crippen molar-refractivity contribution < 1.29 is 14.3 Å². The molecule has 2 aromatic carbocycles. The van der Waals surface area contributed by atoms with Crippen LogP contribution in [-0.2, 0) is 6.61 Å². The second-order valence-corrected chi connectivity index (χ2v) is 4.25. The zero-order valence-corrected chi connectivity index (χ0v) is 11.1. The third kappa shape index (κ3) is 3.20. The van der Waals surface area contributed by atoms with Gasteiger partial charge in [0.2, 0.25) is 5.91 Å². The summed E-state index contributed by atoms with van der Waals surface area (Å²) in [7, 11) is 1.60. The van der Waals surface area contributed by atoms with E-state index in [9.17, 15) is 4.79 Å². The van der Waals surface area contributed by atoms with Crippen LogP contribution in [0.5, 0.6) is 11.5 Å². The largest absolute Gasteiger partial charge is 0.497 e. The minimum Gasteiger partial charge on any atom is -0.497 e. The van der Waals surface area contributed by atoms with E-state index in [1.54, 1.807) is 31.4 Å². The summed E-state index contributed by atoms with van der Waals surface area (Å²) in [6, 6.07) is 12.2. The van der Waals surface area contributed by atoms with Crippen molar-refractivity contribution in [3.8, 4) is 11.5 Å². The molecule has 0 aliphatic rings. The number of methoxy groups -OCH3 is 1. The smallest absolute Gasteiger partial charge is 0.248 e. The molecule has 0 radical (unpaired) electrons. The third-order valence-corrected chi connectivity index (χ3v) is 2.87. The summed E-state index contributed by atoms with van der Waals surface area (Å²) in [6.07, 6.45) is 0. The summed E-state index contributed by atoms with van der Waals surface area (Å²) < 4.78 is 10.8. The first kappa shape index (κ1) is 13.7. The summed E-state index contributed by atoms with van der Waals surface area (Å²) in [6.45, 7) is 0.304. The number of benzene rings is 2. The normalized spacial score (nSPS) is 10.1. The highest BCUT2D eigenvalue weighted by Crippen LogP contribution is 2.21. The first-order valence-corrected chi connectivity index (χ1v) is 6.05. The Morgan fingerprint density at radius 2 is 1.90 bits per heavy atom. The fourth-order valence-electron chi connectivity index (χ4n) is 1.73. The summed E-state index contributed by atoms with van der Waals surface area (Å²) in [4.78, 5) is 11.0. The molecule has 0 atom stereocenters. The Hall–Kier alpha value is -2.69. The Labute approximate surface area is 117 Å². The second kappa shape index (κ2) is 5.97. The van der Waals surface area contributed by atoms with E-state index in [0.717, 1.165) is 11.3 Å². The maximum atomic E-state index is 11.0. The van der Waals surface area contributed by atoms with Gasteiger partial charge < -0.3 is 20.9 Å². The van der Waals surface area contributed by atoms with Crippen LogP contribution in [0.15, 0.2) is 42.5 Å². The zero-order chi connectivity index (χ0) is 14.5. The summed E-state index contributed by atoms with van der Waals surface area (Å²) in [5.41, 5.74) is 12.7. The van der Waals surface area contributed by atoms with Gasteiger partial charge in [0.25, 0.3) is 0 Å². The molecule has 1 amide bonds. The molecule has 20 heavy (non-hydrogen) atoms. The van der Waals surface area contributed by atoms with Crippen LogP contribution in [0.3, 0.4) is 0 Å². The van der Waals surface area contributed by atoms with Crippen LogP contribution in [0.4, 0.5) is 5.69 Å². The van der Waals surface area contributed by atoms with Gasteiger partial charge in [-0.2, -0.15) is 0 Å². The minimum absolute atomic E-state index is 0.304. The molecule has 5 heteroatoms. The standard InChI is InChI=1S/C15H16N2O3/c1-19-12-3-2-4-13(8-12)20-9-11-6-5-10(15(17)18)7-14(11)16/h2-8H,9,16H2,1H3,(H2,17,18). The monoisotopic (exact) mass is 272 g/mol. The number of amides is 1. The van der Waals surface area contributed by atoms with Gasteiger partial charge in [0, 0.05) is 22.9 Å². The molecule has 5 nitrogen and oxygen atoms in total. The van der Waals surface area contributed by atoms with E-state index in [1.807, 2.05) is 18.2 Å². The van der Waals surface area contributed by atoms with Crippen molar-refractivity contribution in [2.75, 3.05) is 12.8 Å². The molecule has 104 valence electrons. The average molecular weight is 272 g/mol. The molecule has 0 aliphatic heterocycles. The minimum atomic E-state index is -0.503. The first-order chi connectivity index (χ1) is 9.60. The molecule has 0 saturated heterocycles. The molecule has 0 bridgehead atoms. The van der Waals surface area contributed by atoms with Crippen molar-refractivity contribution in [2.24, 2.45) is 5.73 Å². The molecule has 0 aromatic heterocycles. The van der Waals surface area contributed by atoms with Crippen molar-refractivity contribution in [2.45, 2.75) is 6.61 Å². The average Bonchev–Trinajstić information content (AvgIpc) is 2.46. The zero-order valence-electron chi connectivity index (χ0n) is 11.1. The number of rotatable bonds is 5. The van der Waals surface area contributed by atoms with Crippen LogP contribution in [0.1, 0.15) is 15.9 Å². The van der Waals surface area contributed by atoms with Crippen molar-refractivity contribution >= 4 is 11.6 Å². The van der Waals surface area contributed by atoms with Gasteiger partial charge in [-0.05, 0) is 24.3 Å². The molecule has 4 N–H and O–H groups in total. The van der Waals surface area contributed by atoms with Crippen molar-refractivity contribution in [3.05, 3.63) is 53.6 Å². The lowest BCUT2D eigenvalue weighted by Gasteiger charge is -2.10. The molecular weight excluding hydrogens is 256 g/mol. The van der Waals surface area contributed by atoms with E-state index >= 15 is 0 Å². The SMILES string of the molecule is COc1cccc(OCc2ccc(C(N)=O)cc2N)c1. The maximum absolute atomic E-state index is 11.0. The number of nitrogen functional groups attached to an aromatic ring is 1. The van der Waals surface area contributed by atoms with E-state index in [4.69, 9.17) is 20.9 Å². The predicted molar refractivity (Wildman–Crippen MR) is 76.7 cm³/mol. The number of nitrogens with two attached hydrogens (primary N) is 2. The molecular formula is C15H16N2O3. The first-order valence-electron chi connectivity index (χ1n) is 6.05. The number of carbonyl (C=O) groups is 1. The summed E-state index contributed by atoms with van der Waals surface area (Å²) >= 11 is 0. The highest BCUT2D eigenvalue weighted by molar-refractivity contribution is 5.93. The van der Waals surface area contributed by atoms with Crippen LogP contribution >= 0.6 is 0 Å². The summed E-state index contributed by atoms with van der Waals surface area (Å²) in [5.74, 6) is 0.902. The molecule has 0 saturated carbocycles. The quantitative estimate of drug-likeness (QED) is 0.814.